The Morgan fingerprint density at radius 1 is 1.58 bits per heavy atom. The molecule has 0 spiro atoms. The molecule has 0 unspecified atom stereocenters. The molecule has 0 saturated heterocycles. The molecular weight excluding hydrogens is 160 g/mol. The van der Waals surface area contributed by atoms with Gasteiger partial charge >= 0.3 is 5.97 Å². The van der Waals surface area contributed by atoms with Gasteiger partial charge < -0.3 is 4.74 Å². The van der Waals surface area contributed by atoms with Gasteiger partial charge in [-0.15, -0.1) is 0 Å². The van der Waals surface area contributed by atoms with E-state index in [-0.39, 0.29) is 0 Å². The second-order valence-electron chi connectivity index (χ2n) is 2.16. The number of rotatable bonds is 5. The van der Waals surface area contributed by atoms with E-state index in [0.717, 1.165) is 0 Å². The Hall–Kier alpha value is -0.870. The zero-order valence-corrected chi connectivity index (χ0v) is 7.32. The molecule has 0 saturated carbocycles. The van der Waals surface area contributed by atoms with Gasteiger partial charge in [-0.25, -0.2) is 9.68 Å². The summed E-state index contributed by atoms with van der Waals surface area (Å²) in [7, 11) is 0. The van der Waals surface area contributed by atoms with E-state index in [1.165, 1.54) is 12.2 Å². The molecule has 1 N–H and O–H groups in total. The van der Waals surface area contributed by atoms with Crippen molar-refractivity contribution in [2.24, 2.45) is 0 Å². The average molecular weight is 174 g/mol. The van der Waals surface area contributed by atoms with Crippen LogP contribution < -0.4 is 0 Å². The van der Waals surface area contributed by atoms with Crippen molar-refractivity contribution >= 4 is 5.97 Å². The summed E-state index contributed by atoms with van der Waals surface area (Å²) in [5, 5.41) is 8.27. The van der Waals surface area contributed by atoms with Gasteiger partial charge in [-0.3, -0.25) is 5.26 Å². The number of esters is 1. The molecule has 0 radical (unpaired) electrons. The number of carbonyl (C=O) groups is 1. The van der Waals surface area contributed by atoms with Crippen LogP contribution in [0.1, 0.15) is 20.3 Å². The van der Waals surface area contributed by atoms with Crippen molar-refractivity contribution in [1.82, 2.24) is 0 Å². The van der Waals surface area contributed by atoms with Crippen molar-refractivity contribution in [3.05, 3.63) is 12.2 Å². The average Bonchev–Trinajstić information content (AvgIpc) is 2.07. The van der Waals surface area contributed by atoms with Crippen molar-refractivity contribution in [3.63, 3.8) is 0 Å². The smallest absolute Gasteiger partial charge is 0.330 e. The van der Waals surface area contributed by atoms with Crippen LogP contribution in [0.4, 0.5) is 0 Å². The highest BCUT2D eigenvalue weighted by molar-refractivity contribution is 5.81. The molecule has 1 atom stereocenters. The lowest BCUT2D eigenvalue weighted by molar-refractivity contribution is -0.266. The summed E-state index contributed by atoms with van der Waals surface area (Å²) >= 11 is 0. The molecule has 0 aliphatic heterocycles. The van der Waals surface area contributed by atoms with Crippen molar-refractivity contribution in [2.45, 2.75) is 26.4 Å². The molecule has 12 heavy (non-hydrogen) atoms. The molecular formula is C8H14O4. The van der Waals surface area contributed by atoms with Crippen LogP contribution in [0.3, 0.4) is 0 Å². The minimum absolute atomic E-state index is 0.347. The minimum atomic E-state index is -0.436. The topological polar surface area (TPSA) is 55.8 Å². The standard InChI is InChI=1S/C8H14O4/c1-3-7(12-10)5-6-8(9)11-4-2/h5-7,10H,3-4H2,1-2H3/b6-5+/t7-/m0/s1. The molecule has 0 heterocycles. The van der Waals surface area contributed by atoms with E-state index >= 15 is 0 Å². The summed E-state index contributed by atoms with van der Waals surface area (Å²) in [5.41, 5.74) is 0. The molecule has 4 heteroatoms. The van der Waals surface area contributed by atoms with Crippen LogP contribution in [0, 0.1) is 0 Å². The van der Waals surface area contributed by atoms with E-state index in [0.29, 0.717) is 13.0 Å². The van der Waals surface area contributed by atoms with Gasteiger partial charge in [0.15, 0.2) is 0 Å². The van der Waals surface area contributed by atoms with Gasteiger partial charge in [-0.1, -0.05) is 6.92 Å². The maximum atomic E-state index is 10.7. The number of carbonyl (C=O) groups excluding carboxylic acids is 1. The lowest BCUT2D eigenvalue weighted by atomic mass is 10.2. The first-order valence-corrected chi connectivity index (χ1v) is 3.89. The first-order valence-electron chi connectivity index (χ1n) is 3.89. The second-order valence-corrected chi connectivity index (χ2v) is 2.16. The third-order valence-corrected chi connectivity index (χ3v) is 1.27. The molecule has 0 aromatic heterocycles. The zero-order chi connectivity index (χ0) is 9.40. The molecule has 0 aromatic carbocycles. The van der Waals surface area contributed by atoms with Gasteiger partial charge in [0, 0.05) is 6.08 Å². The maximum Gasteiger partial charge on any atom is 0.330 e. The molecule has 0 aliphatic rings. The van der Waals surface area contributed by atoms with E-state index in [9.17, 15) is 4.79 Å². The van der Waals surface area contributed by atoms with Crippen molar-refractivity contribution in [1.29, 1.82) is 0 Å². The number of ether oxygens (including phenoxy) is 1. The van der Waals surface area contributed by atoms with Crippen LogP contribution in [0.5, 0.6) is 0 Å². The van der Waals surface area contributed by atoms with E-state index in [1.54, 1.807) is 6.92 Å². The fraction of sp³-hybridized carbons (Fsp3) is 0.625. The van der Waals surface area contributed by atoms with Gasteiger partial charge in [-0.05, 0) is 19.4 Å². The van der Waals surface area contributed by atoms with Crippen LogP contribution in [0.2, 0.25) is 0 Å². The molecule has 0 rings (SSSR count). The largest absolute Gasteiger partial charge is 0.463 e. The molecule has 0 amide bonds. The van der Waals surface area contributed by atoms with E-state index in [4.69, 9.17) is 5.26 Å². The van der Waals surface area contributed by atoms with Crippen LogP contribution >= 0.6 is 0 Å². The fourth-order valence-electron chi connectivity index (χ4n) is 0.622. The summed E-state index contributed by atoms with van der Waals surface area (Å²) in [6, 6.07) is 0. The quantitative estimate of drug-likeness (QED) is 0.296. The monoisotopic (exact) mass is 174 g/mol. The summed E-state index contributed by atoms with van der Waals surface area (Å²) in [4.78, 5) is 14.8. The van der Waals surface area contributed by atoms with Gasteiger partial charge in [0.25, 0.3) is 0 Å². The summed E-state index contributed by atoms with van der Waals surface area (Å²) in [5.74, 6) is -0.423. The lowest BCUT2D eigenvalue weighted by Crippen LogP contribution is -2.07. The van der Waals surface area contributed by atoms with Gasteiger partial charge in [0.2, 0.25) is 0 Å². The number of hydrogen-bond acceptors (Lipinski definition) is 4. The van der Waals surface area contributed by atoms with E-state index < -0.39 is 12.1 Å². The third kappa shape index (κ3) is 4.87. The fourth-order valence-corrected chi connectivity index (χ4v) is 0.622. The van der Waals surface area contributed by atoms with Crippen molar-refractivity contribution in [2.75, 3.05) is 6.61 Å². The van der Waals surface area contributed by atoms with E-state index in [2.05, 4.69) is 9.62 Å². The SMILES string of the molecule is CCOC(=O)/C=C/[C@H](CC)OO. The van der Waals surface area contributed by atoms with Gasteiger partial charge in [0.05, 0.1) is 6.61 Å². The Kier molecular flexibility index (Phi) is 6.32. The van der Waals surface area contributed by atoms with E-state index in [1.807, 2.05) is 6.92 Å². The van der Waals surface area contributed by atoms with Crippen LogP contribution in [0.15, 0.2) is 12.2 Å². The second kappa shape index (κ2) is 6.82. The minimum Gasteiger partial charge on any atom is -0.463 e. The Balaban J connectivity index is 3.78. The summed E-state index contributed by atoms with van der Waals surface area (Å²) in [6.45, 7) is 3.90. The summed E-state index contributed by atoms with van der Waals surface area (Å²) in [6.07, 6.45) is 2.87. The first kappa shape index (κ1) is 11.1. The van der Waals surface area contributed by atoms with Crippen molar-refractivity contribution < 1.29 is 19.7 Å². The number of hydrogen-bond donors (Lipinski definition) is 1. The van der Waals surface area contributed by atoms with Crippen LogP contribution in [-0.4, -0.2) is 23.9 Å². The highest BCUT2D eigenvalue weighted by atomic mass is 17.1. The van der Waals surface area contributed by atoms with Gasteiger partial charge in [-0.2, -0.15) is 0 Å². The molecule has 0 aliphatic carbocycles. The molecule has 0 bridgehead atoms. The lowest BCUT2D eigenvalue weighted by Gasteiger charge is -2.03. The van der Waals surface area contributed by atoms with Crippen LogP contribution in [0.25, 0.3) is 0 Å². The predicted octanol–water partition coefficient (Wildman–Crippen LogP) is 1.37. The highest BCUT2D eigenvalue weighted by Crippen LogP contribution is 1.97. The zero-order valence-electron chi connectivity index (χ0n) is 7.32. The Bertz CT molecular complexity index is 149. The Labute approximate surface area is 71.7 Å². The van der Waals surface area contributed by atoms with Crippen molar-refractivity contribution in [3.8, 4) is 0 Å². The van der Waals surface area contributed by atoms with Crippen LogP contribution in [-0.2, 0) is 14.4 Å². The Morgan fingerprint density at radius 2 is 2.25 bits per heavy atom. The molecule has 4 nitrogen and oxygen atoms in total. The predicted molar refractivity (Wildman–Crippen MR) is 43.6 cm³/mol. The Morgan fingerprint density at radius 3 is 2.67 bits per heavy atom. The molecule has 0 fully saturated rings. The van der Waals surface area contributed by atoms with Gasteiger partial charge in [0.1, 0.15) is 6.10 Å². The maximum absolute atomic E-state index is 10.7. The summed E-state index contributed by atoms with van der Waals surface area (Å²) < 4.78 is 4.62. The molecule has 70 valence electrons. The third-order valence-electron chi connectivity index (χ3n) is 1.27. The first-order chi connectivity index (χ1) is 5.74. The highest BCUT2D eigenvalue weighted by Gasteiger charge is 2.01. The normalized spacial score (nSPS) is 13.2. The molecule has 0 aromatic rings.